The molecule has 1 fully saturated rings. The summed E-state index contributed by atoms with van der Waals surface area (Å²) in [5, 5.41) is 6.81. The Morgan fingerprint density at radius 2 is 2.38 bits per heavy atom. The van der Waals surface area contributed by atoms with Crippen LogP contribution in [-0.4, -0.2) is 11.5 Å². The van der Waals surface area contributed by atoms with E-state index >= 15 is 0 Å². The summed E-state index contributed by atoms with van der Waals surface area (Å²) in [6.45, 7) is 1.13. The van der Waals surface area contributed by atoms with Crippen LogP contribution >= 0.6 is 38.6 Å². The van der Waals surface area contributed by atoms with E-state index in [1.165, 1.54) is 27.2 Å². The first-order valence-electron chi connectivity index (χ1n) is 5.27. The molecule has 84 valence electrons. The molecular weight excluding hydrogens is 304 g/mol. The largest absolute Gasteiger partial charge is 0.309 e. The lowest BCUT2D eigenvalue weighted by molar-refractivity contribution is 0.632. The summed E-state index contributed by atoms with van der Waals surface area (Å²) in [5.41, 5.74) is 1.21. The minimum Gasteiger partial charge on any atom is -0.309 e. The van der Waals surface area contributed by atoms with Crippen LogP contribution in [0.5, 0.6) is 0 Å². The third-order valence-electron chi connectivity index (χ3n) is 2.72. The molecule has 1 unspecified atom stereocenters. The molecule has 2 aromatic rings. The third-order valence-corrected chi connectivity index (χ3v) is 5.38. The molecular formula is C11H11BrN2S2. The lowest BCUT2D eigenvalue weighted by atomic mass is 10.2. The zero-order chi connectivity index (χ0) is 11.0. The molecule has 16 heavy (non-hydrogen) atoms. The van der Waals surface area contributed by atoms with Crippen molar-refractivity contribution in [1.29, 1.82) is 0 Å². The number of nitrogens with one attached hydrogen (secondary N) is 1. The zero-order valence-electron chi connectivity index (χ0n) is 8.57. The van der Waals surface area contributed by atoms with Crippen molar-refractivity contribution in [2.75, 3.05) is 6.54 Å². The van der Waals surface area contributed by atoms with Crippen molar-refractivity contribution in [3.63, 3.8) is 0 Å². The summed E-state index contributed by atoms with van der Waals surface area (Å²) >= 11 is 6.97. The van der Waals surface area contributed by atoms with Gasteiger partial charge in [0.15, 0.2) is 0 Å². The molecule has 5 heteroatoms. The predicted molar refractivity (Wildman–Crippen MR) is 73.1 cm³/mol. The molecule has 2 nitrogen and oxygen atoms in total. The second kappa shape index (κ2) is 4.56. The minimum atomic E-state index is 0.480. The molecule has 1 saturated heterocycles. The van der Waals surface area contributed by atoms with Crippen LogP contribution in [0, 0.1) is 0 Å². The van der Waals surface area contributed by atoms with E-state index in [0.29, 0.717) is 6.04 Å². The Balaban J connectivity index is 1.87. The predicted octanol–water partition coefficient (Wildman–Crippen LogP) is 4.06. The van der Waals surface area contributed by atoms with E-state index in [1.54, 1.807) is 22.7 Å². The van der Waals surface area contributed by atoms with Gasteiger partial charge in [0.2, 0.25) is 0 Å². The third kappa shape index (κ3) is 2.09. The van der Waals surface area contributed by atoms with E-state index < -0.39 is 0 Å². The van der Waals surface area contributed by atoms with E-state index in [9.17, 15) is 0 Å². The molecule has 3 rings (SSSR count). The summed E-state index contributed by atoms with van der Waals surface area (Å²) in [6, 6.07) is 4.68. The van der Waals surface area contributed by atoms with E-state index in [0.717, 1.165) is 11.6 Å². The van der Waals surface area contributed by atoms with Crippen LogP contribution in [0.4, 0.5) is 0 Å². The van der Waals surface area contributed by atoms with E-state index in [4.69, 9.17) is 4.98 Å². The quantitative estimate of drug-likeness (QED) is 0.904. The molecule has 0 aromatic carbocycles. The van der Waals surface area contributed by atoms with Gasteiger partial charge in [0.1, 0.15) is 5.01 Å². The number of hydrogen-bond donors (Lipinski definition) is 1. The maximum Gasteiger partial charge on any atom is 0.133 e. The van der Waals surface area contributed by atoms with Gasteiger partial charge in [-0.05, 0) is 47.4 Å². The van der Waals surface area contributed by atoms with Crippen LogP contribution in [-0.2, 0) is 0 Å². The van der Waals surface area contributed by atoms with Gasteiger partial charge in [-0.2, -0.15) is 0 Å². The molecule has 1 aliphatic rings. The molecule has 0 saturated carbocycles. The zero-order valence-corrected chi connectivity index (χ0v) is 11.8. The fraction of sp³-hybridized carbons (Fsp3) is 0.364. The molecule has 0 aliphatic carbocycles. The van der Waals surface area contributed by atoms with Gasteiger partial charge in [-0.3, -0.25) is 0 Å². The number of aromatic nitrogens is 1. The smallest absolute Gasteiger partial charge is 0.133 e. The number of halogens is 1. The average Bonchev–Trinajstić information content (AvgIpc) is 2.97. The summed E-state index contributed by atoms with van der Waals surface area (Å²) in [4.78, 5) is 5.97. The van der Waals surface area contributed by atoms with Crippen molar-refractivity contribution in [1.82, 2.24) is 10.3 Å². The maximum atomic E-state index is 4.72. The molecule has 1 N–H and O–H groups in total. The second-order valence-corrected chi connectivity index (χ2v) is 7.15. The maximum absolute atomic E-state index is 4.72. The highest BCUT2D eigenvalue weighted by atomic mass is 79.9. The molecule has 2 aromatic heterocycles. The first-order chi connectivity index (χ1) is 7.83. The minimum absolute atomic E-state index is 0.480. The number of hydrogen-bond acceptors (Lipinski definition) is 4. The lowest BCUT2D eigenvalue weighted by Gasteiger charge is -2.04. The molecule has 0 bridgehead atoms. The highest BCUT2D eigenvalue weighted by Gasteiger charge is 2.19. The van der Waals surface area contributed by atoms with Crippen molar-refractivity contribution in [3.8, 4) is 9.88 Å². The Morgan fingerprint density at radius 3 is 3.06 bits per heavy atom. The lowest BCUT2D eigenvalue weighted by Crippen LogP contribution is -2.12. The molecule has 0 spiro atoms. The fourth-order valence-corrected chi connectivity index (χ4v) is 4.26. The molecule has 1 aliphatic heterocycles. The van der Waals surface area contributed by atoms with Crippen LogP contribution in [0.2, 0.25) is 0 Å². The Kier molecular flexibility index (Phi) is 3.11. The van der Waals surface area contributed by atoms with Gasteiger partial charge in [-0.25, -0.2) is 4.98 Å². The normalized spacial score (nSPS) is 20.4. The van der Waals surface area contributed by atoms with Gasteiger partial charge in [0.05, 0.1) is 20.4 Å². The van der Waals surface area contributed by atoms with Gasteiger partial charge in [0, 0.05) is 5.38 Å². The van der Waals surface area contributed by atoms with E-state index in [2.05, 4.69) is 38.8 Å². The van der Waals surface area contributed by atoms with E-state index in [1.807, 2.05) is 0 Å². The fourth-order valence-electron chi connectivity index (χ4n) is 1.93. The molecule has 0 amide bonds. The second-order valence-electron chi connectivity index (χ2n) is 3.83. The molecule has 0 radical (unpaired) electrons. The Labute approximate surface area is 111 Å². The Morgan fingerprint density at radius 1 is 1.44 bits per heavy atom. The van der Waals surface area contributed by atoms with Crippen molar-refractivity contribution in [2.24, 2.45) is 0 Å². The first kappa shape index (κ1) is 10.9. The van der Waals surface area contributed by atoms with Crippen LogP contribution in [0.1, 0.15) is 24.6 Å². The number of thiophene rings is 1. The number of rotatable bonds is 2. The van der Waals surface area contributed by atoms with Gasteiger partial charge in [0.25, 0.3) is 0 Å². The van der Waals surface area contributed by atoms with Gasteiger partial charge >= 0.3 is 0 Å². The molecule has 3 heterocycles. The average molecular weight is 315 g/mol. The Hall–Kier alpha value is -0.230. The topological polar surface area (TPSA) is 24.9 Å². The van der Waals surface area contributed by atoms with E-state index in [-0.39, 0.29) is 0 Å². The van der Waals surface area contributed by atoms with Crippen LogP contribution < -0.4 is 5.32 Å². The van der Waals surface area contributed by atoms with Crippen LogP contribution in [0.3, 0.4) is 0 Å². The Bertz CT molecular complexity index is 486. The number of thiazole rings is 1. The standard InChI is InChI=1S/C11H11BrN2S2/c12-10-4-3-9(16-10)11-14-8(6-15-11)7-2-1-5-13-7/h3-4,6-7,13H,1-2,5H2. The molecule has 1 atom stereocenters. The highest BCUT2D eigenvalue weighted by Crippen LogP contribution is 2.35. The summed E-state index contributed by atoms with van der Waals surface area (Å²) in [6.07, 6.45) is 2.49. The SMILES string of the molecule is Brc1ccc(-c2nc(C3CCCN3)cs2)s1. The van der Waals surface area contributed by atoms with Crippen molar-refractivity contribution >= 4 is 38.6 Å². The van der Waals surface area contributed by atoms with Crippen LogP contribution in [0.25, 0.3) is 9.88 Å². The summed E-state index contributed by atoms with van der Waals surface area (Å²) in [5.74, 6) is 0. The van der Waals surface area contributed by atoms with Gasteiger partial charge in [-0.1, -0.05) is 0 Å². The van der Waals surface area contributed by atoms with Crippen molar-refractivity contribution < 1.29 is 0 Å². The summed E-state index contributed by atoms with van der Waals surface area (Å²) < 4.78 is 1.17. The number of nitrogens with zero attached hydrogens (tertiary/aromatic N) is 1. The van der Waals surface area contributed by atoms with Crippen molar-refractivity contribution in [2.45, 2.75) is 18.9 Å². The van der Waals surface area contributed by atoms with Gasteiger partial charge < -0.3 is 5.32 Å². The van der Waals surface area contributed by atoms with Gasteiger partial charge in [-0.15, -0.1) is 22.7 Å². The van der Waals surface area contributed by atoms with Crippen molar-refractivity contribution in [3.05, 3.63) is 27.0 Å². The monoisotopic (exact) mass is 314 g/mol. The first-order valence-corrected chi connectivity index (χ1v) is 7.76. The van der Waals surface area contributed by atoms with Crippen LogP contribution in [0.15, 0.2) is 21.3 Å². The summed E-state index contributed by atoms with van der Waals surface area (Å²) in [7, 11) is 0. The highest BCUT2D eigenvalue weighted by molar-refractivity contribution is 9.11.